The van der Waals surface area contributed by atoms with Crippen molar-refractivity contribution in [2.24, 2.45) is 7.05 Å². The van der Waals surface area contributed by atoms with Crippen LogP contribution in [0.2, 0.25) is 0 Å². The Bertz CT molecular complexity index is 1140. The van der Waals surface area contributed by atoms with Crippen LogP contribution in [-0.4, -0.2) is 33.4 Å². The molecule has 0 aliphatic carbocycles. The molecule has 178 valence electrons. The molecule has 3 aromatic rings. The molecule has 0 aliphatic heterocycles. The van der Waals surface area contributed by atoms with Crippen LogP contribution in [0.4, 0.5) is 5.69 Å². The number of aromatic nitrogens is 1. The maximum Gasteiger partial charge on any atom is 0.274 e. The topological polar surface area (TPSA) is 71.4 Å². The summed E-state index contributed by atoms with van der Waals surface area (Å²) in [5.41, 5.74) is 2.14. The number of carbonyl (C=O) groups excluding carboxylic acids is 2. The second-order valence-electron chi connectivity index (χ2n) is 9.08. The smallest absolute Gasteiger partial charge is 0.274 e. The minimum Gasteiger partial charge on any atom is -0.334 e. The van der Waals surface area contributed by atoms with Gasteiger partial charge in [-0.3, -0.25) is 14.4 Å². The average Bonchev–Trinajstić information content (AvgIpc) is 2.81. The largest absolute Gasteiger partial charge is 0.334 e. The van der Waals surface area contributed by atoms with Gasteiger partial charge >= 0.3 is 0 Å². The zero-order valence-corrected chi connectivity index (χ0v) is 20.5. The van der Waals surface area contributed by atoms with E-state index in [0.717, 1.165) is 11.1 Å². The van der Waals surface area contributed by atoms with Gasteiger partial charge in [-0.25, -0.2) is 0 Å². The van der Waals surface area contributed by atoms with Crippen molar-refractivity contribution < 1.29 is 9.59 Å². The van der Waals surface area contributed by atoms with Crippen molar-refractivity contribution in [1.82, 2.24) is 9.47 Å². The average molecular weight is 460 g/mol. The summed E-state index contributed by atoms with van der Waals surface area (Å²) >= 11 is 0. The zero-order chi connectivity index (χ0) is 24.8. The van der Waals surface area contributed by atoms with Crippen LogP contribution < -0.4 is 10.9 Å². The normalized spacial score (nSPS) is 11.2. The van der Waals surface area contributed by atoms with E-state index in [4.69, 9.17) is 0 Å². The number of aryl methyl sites for hydroxylation is 1. The summed E-state index contributed by atoms with van der Waals surface area (Å²) in [4.78, 5) is 40.8. The first-order valence-electron chi connectivity index (χ1n) is 11.6. The second-order valence-corrected chi connectivity index (χ2v) is 9.08. The summed E-state index contributed by atoms with van der Waals surface area (Å²) in [6, 6.07) is 21.1. The van der Waals surface area contributed by atoms with Crippen molar-refractivity contribution in [2.45, 2.75) is 52.1 Å². The Morgan fingerprint density at radius 3 is 1.85 bits per heavy atom. The number of nitrogens with zero attached hydrogens (tertiary/aromatic N) is 2. The molecular formula is C28H33N3O3. The highest BCUT2D eigenvalue weighted by molar-refractivity contribution is 5.97. The molecular weight excluding hydrogens is 426 g/mol. The Morgan fingerprint density at radius 2 is 1.38 bits per heavy atom. The SMILES string of the molecule is CC(C)N(C(=O)c1cc(NC(=O)CC(c2ccccc2)c2ccccc2)c(=O)n(C)c1)C(C)C. The third-order valence-electron chi connectivity index (χ3n) is 5.84. The Labute approximate surface area is 201 Å². The molecule has 3 rings (SSSR count). The highest BCUT2D eigenvalue weighted by atomic mass is 16.2. The van der Waals surface area contributed by atoms with Gasteiger partial charge in [0.1, 0.15) is 5.69 Å². The number of amides is 2. The van der Waals surface area contributed by atoms with E-state index in [1.54, 1.807) is 11.9 Å². The number of rotatable bonds is 8. The van der Waals surface area contributed by atoms with E-state index in [2.05, 4.69) is 5.32 Å². The fraction of sp³-hybridized carbons (Fsp3) is 0.321. The summed E-state index contributed by atoms with van der Waals surface area (Å²) < 4.78 is 1.34. The van der Waals surface area contributed by atoms with Crippen molar-refractivity contribution in [1.29, 1.82) is 0 Å². The van der Waals surface area contributed by atoms with Gasteiger partial charge in [0, 0.05) is 37.7 Å². The van der Waals surface area contributed by atoms with Crippen LogP contribution >= 0.6 is 0 Å². The highest BCUT2D eigenvalue weighted by Gasteiger charge is 2.24. The summed E-state index contributed by atoms with van der Waals surface area (Å²) in [7, 11) is 1.58. The number of anilines is 1. The molecule has 6 nitrogen and oxygen atoms in total. The first-order chi connectivity index (χ1) is 16.2. The second kappa shape index (κ2) is 11.0. The molecule has 0 aliphatic rings. The molecule has 0 saturated carbocycles. The van der Waals surface area contributed by atoms with Crippen LogP contribution in [0.1, 0.15) is 61.5 Å². The minimum atomic E-state index is -0.360. The van der Waals surface area contributed by atoms with Crippen LogP contribution in [0.5, 0.6) is 0 Å². The third-order valence-corrected chi connectivity index (χ3v) is 5.84. The van der Waals surface area contributed by atoms with Crippen LogP contribution in [0.3, 0.4) is 0 Å². The van der Waals surface area contributed by atoms with E-state index in [-0.39, 0.29) is 47.5 Å². The van der Waals surface area contributed by atoms with Gasteiger partial charge in [0.15, 0.2) is 0 Å². The standard InChI is InChI=1S/C28H33N3O3/c1-19(2)31(20(3)4)27(33)23-16-25(28(34)30(5)18-23)29-26(32)17-24(21-12-8-6-9-13-21)22-14-10-7-11-15-22/h6-16,18-20,24H,17H2,1-5H3,(H,29,32). The van der Waals surface area contributed by atoms with Gasteiger partial charge < -0.3 is 14.8 Å². The molecule has 0 bridgehead atoms. The molecule has 1 N–H and O–H groups in total. The molecule has 34 heavy (non-hydrogen) atoms. The lowest BCUT2D eigenvalue weighted by Crippen LogP contribution is -2.42. The van der Waals surface area contributed by atoms with E-state index < -0.39 is 0 Å². The minimum absolute atomic E-state index is 0.000258. The summed E-state index contributed by atoms with van der Waals surface area (Å²) in [5.74, 6) is -0.625. The van der Waals surface area contributed by atoms with E-state index in [1.165, 1.54) is 16.8 Å². The predicted octanol–water partition coefficient (Wildman–Crippen LogP) is 4.81. The molecule has 1 heterocycles. The van der Waals surface area contributed by atoms with Crippen molar-refractivity contribution in [3.63, 3.8) is 0 Å². The van der Waals surface area contributed by atoms with Gasteiger partial charge in [0.25, 0.3) is 11.5 Å². The number of carbonyl (C=O) groups is 2. The fourth-order valence-corrected chi connectivity index (χ4v) is 4.32. The molecule has 0 spiro atoms. The first-order valence-corrected chi connectivity index (χ1v) is 11.6. The Morgan fingerprint density at radius 1 is 0.882 bits per heavy atom. The molecule has 0 fully saturated rings. The molecule has 0 radical (unpaired) electrons. The number of pyridine rings is 1. The van der Waals surface area contributed by atoms with E-state index in [1.807, 2.05) is 88.4 Å². The van der Waals surface area contributed by atoms with Crippen molar-refractivity contribution in [3.8, 4) is 0 Å². The summed E-state index contributed by atoms with van der Waals surface area (Å²) in [5, 5.41) is 2.77. The molecule has 0 saturated heterocycles. The van der Waals surface area contributed by atoms with E-state index in [9.17, 15) is 14.4 Å². The van der Waals surface area contributed by atoms with Crippen LogP contribution in [0.15, 0.2) is 77.7 Å². The zero-order valence-electron chi connectivity index (χ0n) is 20.5. The quantitative estimate of drug-likeness (QED) is 0.526. The van der Waals surface area contributed by atoms with Crippen LogP contribution in [0.25, 0.3) is 0 Å². The molecule has 0 unspecified atom stereocenters. The molecule has 6 heteroatoms. The molecule has 0 atom stereocenters. The molecule has 2 amide bonds. The number of hydrogen-bond donors (Lipinski definition) is 1. The van der Waals surface area contributed by atoms with E-state index >= 15 is 0 Å². The van der Waals surface area contributed by atoms with Crippen LogP contribution in [-0.2, 0) is 11.8 Å². The van der Waals surface area contributed by atoms with Crippen molar-refractivity contribution in [2.75, 3.05) is 5.32 Å². The molecule has 2 aromatic carbocycles. The summed E-state index contributed by atoms with van der Waals surface area (Å²) in [6.45, 7) is 7.82. The Hall–Kier alpha value is -3.67. The van der Waals surface area contributed by atoms with Crippen molar-refractivity contribution in [3.05, 3.63) is 100.0 Å². The fourth-order valence-electron chi connectivity index (χ4n) is 4.32. The van der Waals surface area contributed by atoms with Crippen molar-refractivity contribution >= 4 is 17.5 Å². The van der Waals surface area contributed by atoms with Gasteiger partial charge in [-0.1, -0.05) is 60.7 Å². The Kier molecular flexibility index (Phi) is 8.05. The first kappa shape index (κ1) is 25.0. The lowest BCUT2D eigenvalue weighted by molar-refractivity contribution is -0.116. The lowest BCUT2D eigenvalue weighted by Gasteiger charge is -2.31. The number of nitrogens with one attached hydrogen (secondary N) is 1. The van der Waals surface area contributed by atoms with Gasteiger partial charge in [-0.05, 0) is 44.9 Å². The highest BCUT2D eigenvalue weighted by Crippen LogP contribution is 2.28. The van der Waals surface area contributed by atoms with Gasteiger partial charge in [0.2, 0.25) is 5.91 Å². The van der Waals surface area contributed by atoms with Gasteiger partial charge in [-0.2, -0.15) is 0 Å². The van der Waals surface area contributed by atoms with Gasteiger partial charge in [-0.15, -0.1) is 0 Å². The summed E-state index contributed by atoms with van der Waals surface area (Å²) in [6.07, 6.45) is 1.69. The Balaban J connectivity index is 1.89. The predicted molar refractivity (Wildman–Crippen MR) is 136 cm³/mol. The van der Waals surface area contributed by atoms with Crippen LogP contribution in [0, 0.1) is 0 Å². The van der Waals surface area contributed by atoms with Gasteiger partial charge in [0.05, 0.1) is 5.56 Å². The monoisotopic (exact) mass is 459 g/mol. The van der Waals surface area contributed by atoms with E-state index in [0.29, 0.717) is 5.56 Å². The third kappa shape index (κ3) is 5.81. The lowest BCUT2D eigenvalue weighted by atomic mass is 9.88. The molecule has 1 aromatic heterocycles. The maximum atomic E-state index is 13.2. The number of hydrogen-bond acceptors (Lipinski definition) is 3. The number of benzene rings is 2. The maximum absolute atomic E-state index is 13.2.